The van der Waals surface area contributed by atoms with Gasteiger partial charge in [-0.3, -0.25) is 0 Å². The average molecular weight is 250 g/mol. The van der Waals surface area contributed by atoms with Crippen LogP contribution in [0.3, 0.4) is 0 Å². The summed E-state index contributed by atoms with van der Waals surface area (Å²) < 4.78 is 13.1. The standard InChI is InChI=1S/C14H19FN2O/c1-11-6-7-12(15)10-13(11)16-14(18)17-8-4-2-3-5-9-17/h6-7,10H,2-5,8-9H2,1H3,(H,16,18). The van der Waals surface area contributed by atoms with E-state index in [1.54, 1.807) is 6.07 Å². The maximum atomic E-state index is 13.1. The highest BCUT2D eigenvalue weighted by Crippen LogP contribution is 2.17. The van der Waals surface area contributed by atoms with Crippen LogP contribution in [0.15, 0.2) is 18.2 Å². The lowest BCUT2D eigenvalue weighted by molar-refractivity contribution is 0.213. The van der Waals surface area contributed by atoms with Crippen molar-refractivity contribution < 1.29 is 9.18 Å². The van der Waals surface area contributed by atoms with Crippen LogP contribution in [0.25, 0.3) is 0 Å². The van der Waals surface area contributed by atoms with Gasteiger partial charge in [-0.25, -0.2) is 9.18 Å². The molecule has 3 nitrogen and oxygen atoms in total. The van der Waals surface area contributed by atoms with Crippen molar-refractivity contribution in [2.45, 2.75) is 32.6 Å². The van der Waals surface area contributed by atoms with Crippen LogP contribution in [-0.2, 0) is 0 Å². The first-order chi connectivity index (χ1) is 8.66. The minimum absolute atomic E-state index is 0.120. The zero-order chi connectivity index (χ0) is 13.0. The third kappa shape index (κ3) is 3.22. The lowest BCUT2D eigenvalue weighted by atomic mass is 10.2. The molecule has 1 aliphatic heterocycles. The Morgan fingerprint density at radius 1 is 1.22 bits per heavy atom. The van der Waals surface area contributed by atoms with Crippen molar-refractivity contribution in [3.8, 4) is 0 Å². The molecule has 2 amide bonds. The Hall–Kier alpha value is -1.58. The summed E-state index contributed by atoms with van der Waals surface area (Å²) in [5.74, 6) is -0.327. The van der Waals surface area contributed by atoms with Gasteiger partial charge < -0.3 is 10.2 Å². The van der Waals surface area contributed by atoms with E-state index in [4.69, 9.17) is 0 Å². The maximum absolute atomic E-state index is 13.1. The first-order valence-corrected chi connectivity index (χ1v) is 6.49. The molecule has 1 aliphatic rings. The highest BCUT2D eigenvalue weighted by atomic mass is 19.1. The molecule has 1 aromatic carbocycles. The van der Waals surface area contributed by atoms with Gasteiger partial charge in [0.05, 0.1) is 0 Å². The number of hydrogen-bond donors (Lipinski definition) is 1. The molecule has 0 atom stereocenters. The molecule has 1 N–H and O–H groups in total. The van der Waals surface area contributed by atoms with E-state index in [-0.39, 0.29) is 11.8 Å². The molecule has 0 aromatic heterocycles. The summed E-state index contributed by atoms with van der Waals surface area (Å²) in [7, 11) is 0. The molecule has 18 heavy (non-hydrogen) atoms. The molecule has 0 aliphatic carbocycles. The molecule has 0 saturated carbocycles. The monoisotopic (exact) mass is 250 g/mol. The summed E-state index contributed by atoms with van der Waals surface area (Å²) in [6, 6.07) is 4.32. The van der Waals surface area contributed by atoms with Crippen LogP contribution in [0, 0.1) is 12.7 Å². The van der Waals surface area contributed by atoms with E-state index in [2.05, 4.69) is 5.32 Å². The summed E-state index contributed by atoms with van der Waals surface area (Å²) in [6.45, 7) is 3.44. The number of halogens is 1. The lowest BCUT2D eigenvalue weighted by Gasteiger charge is -2.21. The third-order valence-electron chi connectivity index (χ3n) is 3.33. The van der Waals surface area contributed by atoms with Crippen LogP contribution >= 0.6 is 0 Å². The lowest BCUT2D eigenvalue weighted by Crippen LogP contribution is -2.35. The molecule has 2 rings (SSSR count). The number of likely N-dealkylation sites (tertiary alicyclic amines) is 1. The predicted molar refractivity (Wildman–Crippen MR) is 70.2 cm³/mol. The molecule has 0 spiro atoms. The molecule has 1 fully saturated rings. The van der Waals surface area contributed by atoms with E-state index in [1.807, 2.05) is 11.8 Å². The van der Waals surface area contributed by atoms with Crippen LogP contribution in [-0.4, -0.2) is 24.0 Å². The first kappa shape index (κ1) is 12.9. The number of anilines is 1. The zero-order valence-corrected chi connectivity index (χ0v) is 10.7. The van der Waals surface area contributed by atoms with Crippen molar-refractivity contribution in [1.82, 2.24) is 4.90 Å². The molecular weight excluding hydrogens is 231 g/mol. The summed E-state index contributed by atoms with van der Waals surface area (Å²) >= 11 is 0. The number of aryl methyl sites for hydroxylation is 1. The van der Waals surface area contributed by atoms with Gasteiger partial charge in [0.25, 0.3) is 0 Å². The molecule has 4 heteroatoms. The van der Waals surface area contributed by atoms with Crippen molar-refractivity contribution in [3.63, 3.8) is 0 Å². The Kier molecular flexibility index (Phi) is 4.18. The Labute approximate surface area is 107 Å². The third-order valence-corrected chi connectivity index (χ3v) is 3.33. The number of carbonyl (C=O) groups excluding carboxylic acids is 1. The van der Waals surface area contributed by atoms with Gasteiger partial charge in [0.15, 0.2) is 0 Å². The molecule has 0 radical (unpaired) electrons. The SMILES string of the molecule is Cc1ccc(F)cc1NC(=O)N1CCCCCC1. The number of carbonyl (C=O) groups is 1. The van der Waals surface area contributed by atoms with E-state index in [0.717, 1.165) is 31.5 Å². The molecule has 0 bridgehead atoms. The van der Waals surface area contributed by atoms with Gasteiger partial charge in [0.1, 0.15) is 5.82 Å². The largest absolute Gasteiger partial charge is 0.325 e. The van der Waals surface area contributed by atoms with Gasteiger partial charge in [-0.05, 0) is 37.5 Å². The number of rotatable bonds is 1. The van der Waals surface area contributed by atoms with Crippen LogP contribution in [0.4, 0.5) is 14.9 Å². The summed E-state index contributed by atoms with van der Waals surface area (Å²) in [4.78, 5) is 13.9. The number of nitrogens with zero attached hydrogens (tertiary/aromatic N) is 1. The number of amides is 2. The molecule has 1 aromatic rings. The van der Waals surface area contributed by atoms with E-state index in [0.29, 0.717) is 5.69 Å². The number of nitrogens with one attached hydrogen (secondary N) is 1. The Morgan fingerprint density at radius 2 is 1.89 bits per heavy atom. The van der Waals surface area contributed by atoms with E-state index in [1.165, 1.54) is 25.0 Å². The normalized spacial score (nSPS) is 16.2. The van der Waals surface area contributed by atoms with Gasteiger partial charge in [0.2, 0.25) is 0 Å². The van der Waals surface area contributed by atoms with Crippen LogP contribution in [0.1, 0.15) is 31.2 Å². The smallest absolute Gasteiger partial charge is 0.321 e. The van der Waals surface area contributed by atoms with Gasteiger partial charge in [-0.2, -0.15) is 0 Å². The number of benzene rings is 1. The van der Waals surface area contributed by atoms with Gasteiger partial charge >= 0.3 is 6.03 Å². The summed E-state index contributed by atoms with van der Waals surface area (Å²) in [5, 5.41) is 2.80. The fraction of sp³-hybridized carbons (Fsp3) is 0.500. The fourth-order valence-electron chi connectivity index (χ4n) is 2.20. The average Bonchev–Trinajstić information content (AvgIpc) is 2.62. The summed E-state index contributed by atoms with van der Waals surface area (Å²) in [6.07, 6.45) is 4.47. The van der Waals surface area contributed by atoms with Crippen molar-refractivity contribution in [2.75, 3.05) is 18.4 Å². The van der Waals surface area contributed by atoms with Gasteiger partial charge in [0, 0.05) is 18.8 Å². The Morgan fingerprint density at radius 3 is 2.56 bits per heavy atom. The number of urea groups is 1. The van der Waals surface area contributed by atoms with Crippen LogP contribution in [0.5, 0.6) is 0 Å². The molecule has 1 saturated heterocycles. The van der Waals surface area contributed by atoms with Crippen molar-refractivity contribution in [1.29, 1.82) is 0 Å². The second kappa shape index (κ2) is 5.85. The summed E-state index contributed by atoms with van der Waals surface area (Å²) in [5.41, 5.74) is 1.43. The zero-order valence-electron chi connectivity index (χ0n) is 10.7. The van der Waals surface area contributed by atoms with Gasteiger partial charge in [-0.1, -0.05) is 18.9 Å². The van der Waals surface area contributed by atoms with Crippen molar-refractivity contribution in [2.24, 2.45) is 0 Å². The molecule has 0 unspecified atom stereocenters. The van der Waals surface area contributed by atoms with E-state index >= 15 is 0 Å². The second-order valence-electron chi connectivity index (χ2n) is 4.79. The Bertz CT molecular complexity index is 426. The van der Waals surface area contributed by atoms with Crippen molar-refractivity contribution in [3.05, 3.63) is 29.6 Å². The van der Waals surface area contributed by atoms with E-state index in [9.17, 15) is 9.18 Å². The van der Waals surface area contributed by atoms with E-state index < -0.39 is 0 Å². The van der Waals surface area contributed by atoms with Gasteiger partial charge in [-0.15, -0.1) is 0 Å². The molecule has 98 valence electrons. The van der Waals surface area contributed by atoms with Crippen molar-refractivity contribution >= 4 is 11.7 Å². The maximum Gasteiger partial charge on any atom is 0.321 e. The van der Waals surface area contributed by atoms with Crippen LogP contribution in [0.2, 0.25) is 0 Å². The fourth-order valence-corrected chi connectivity index (χ4v) is 2.20. The van der Waals surface area contributed by atoms with Crippen LogP contribution < -0.4 is 5.32 Å². The topological polar surface area (TPSA) is 32.3 Å². The first-order valence-electron chi connectivity index (χ1n) is 6.49. The predicted octanol–water partition coefficient (Wildman–Crippen LogP) is 3.54. The number of hydrogen-bond acceptors (Lipinski definition) is 1. The minimum atomic E-state index is -0.327. The minimum Gasteiger partial charge on any atom is -0.325 e. The highest BCUT2D eigenvalue weighted by molar-refractivity contribution is 5.90. The Balaban J connectivity index is 2.03. The second-order valence-corrected chi connectivity index (χ2v) is 4.79. The quantitative estimate of drug-likeness (QED) is 0.812. The molecular formula is C14H19FN2O. The highest BCUT2D eigenvalue weighted by Gasteiger charge is 2.16. The molecule has 1 heterocycles.